The molecule has 3 aromatic rings. The molecule has 0 aliphatic heterocycles. The maximum Gasteiger partial charge on any atom is 0.412 e. The predicted octanol–water partition coefficient (Wildman–Crippen LogP) is 4.33. The molecule has 27 heavy (non-hydrogen) atoms. The Morgan fingerprint density at radius 2 is 1.67 bits per heavy atom. The van der Waals surface area contributed by atoms with Crippen molar-refractivity contribution >= 4 is 16.9 Å². The highest BCUT2D eigenvalue weighted by Crippen LogP contribution is 2.32. The molecule has 0 spiro atoms. The van der Waals surface area contributed by atoms with Crippen molar-refractivity contribution < 1.29 is 9.53 Å². The molecular weight excluding hydrogens is 338 g/mol. The second-order valence-corrected chi connectivity index (χ2v) is 6.23. The molecule has 2 aromatic carbocycles. The summed E-state index contributed by atoms with van der Waals surface area (Å²) in [7, 11) is 0. The van der Waals surface area contributed by atoms with Crippen molar-refractivity contribution in [1.82, 2.24) is 15.2 Å². The van der Waals surface area contributed by atoms with Gasteiger partial charge in [0.2, 0.25) is 0 Å². The Hall–Kier alpha value is -2.92. The van der Waals surface area contributed by atoms with Crippen LogP contribution in [0.5, 0.6) is 5.75 Å². The summed E-state index contributed by atoms with van der Waals surface area (Å²) in [4.78, 5) is 19.0. The maximum absolute atomic E-state index is 12.2. The molecule has 1 N–H and O–H groups in total. The van der Waals surface area contributed by atoms with Crippen molar-refractivity contribution in [2.45, 2.75) is 13.8 Å². The van der Waals surface area contributed by atoms with Crippen LogP contribution >= 0.6 is 0 Å². The van der Waals surface area contributed by atoms with E-state index in [0.29, 0.717) is 12.3 Å². The van der Waals surface area contributed by atoms with Crippen molar-refractivity contribution in [3.8, 4) is 17.0 Å². The molecule has 5 heteroatoms. The minimum Gasteiger partial charge on any atom is -0.408 e. The molecule has 0 atom stereocenters. The molecule has 1 aromatic heterocycles. The van der Waals surface area contributed by atoms with Crippen molar-refractivity contribution in [2.24, 2.45) is 0 Å². The zero-order valence-electron chi connectivity index (χ0n) is 15.8. The van der Waals surface area contributed by atoms with E-state index in [-0.39, 0.29) is 0 Å². The SMILES string of the molecule is CCN(CC)CCNC(=O)Oc1cnc(-c2ccccc2)c2ccccc12. The van der Waals surface area contributed by atoms with Gasteiger partial charge in [0, 0.05) is 29.4 Å². The lowest BCUT2D eigenvalue weighted by Gasteiger charge is -2.18. The summed E-state index contributed by atoms with van der Waals surface area (Å²) in [5.41, 5.74) is 1.91. The van der Waals surface area contributed by atoms with Gasteiger partial charge >= 0.3 is 6.09 Å². The molecule has 0 saturated heterocycles. The number of hydrogen-bond acceptors (Lipinski definition) is 4. The number of ether oxygens (including phenoxy) is 1. The number of carbonyl (C=O) groups is 1. The first kappa shape index (κ1) is 18.9. The molecule has 0 unspecified atom stereocenters. The lowest BCUT2D eigenvalue weighted by molar-refractivity contribution is 0.198. The van der Waals surface area contributed by atoms with Crippen LogP contribution in [-0.2, 0) is 0 Å². The van der Waals surface area contributed by atoms with Crippen LogP contribution in [0.15, 0.2) is 60.8 Å². The van der Waals surface area contributed by atoms with E-state index in [9.17, 15) is 4.79 Å². The molecule has 0 bridgehead atoms. The zero-order chi connectivity index (χ0) is 19.1. The van der Waals surface area contributed by atoms with Crippen LogP contribution in [0.3, 0.4) is 0 Å². The normalized spacial score (nSPS) is 10.9. The molecule has 0 aliphatic carbocycles. The Morgan fingerprint density at radius 3 is 2.37 bits per heavy atom. The standard InChI is InChI=1S/C22H25N3O2/c1-3-25(4-2)15-14-23-22(26)27-20-16-24-21(17-10-6-5-7-11-17)19-13-9-8-12-18(19)20/h5-13,16H,3-4,14-15H2,1-2H3,(H,23,26). The lowest BCUT2D eigenvalue weighted by atomic mass is 10.0. The van der Waals surface area contributed by atoms with Crippen LogP contribution in [0.1, 0.15) is 13.8 Å². The van der Waals surface area contributed by atoms with Gasteiger partial charge in [0.05, 0.1) is 11.9 Å². The average molecular weight is 363 g/mol. The van der Waals surface area contributed by atoms with Gasteiger partial charge in [-0.3, -0.25) is 4.98 Å². The second-order valence-electron chi connectivity index (χ2n) is 6.23. The van der Waals surface area contributed by atoms with E-state index >= 15 is 0 Å². The molecule has 0 aliphatic rings. The van der Waals surface area contributed by atoms with Gasteiger partial charge in [-0.1, -0.05) is 68.4 Å². The van der Waals surface area contributed by atoms with Crippen molar-refractivity contribution in [3.63, 3.8) is 0 Å². The summed E-state index contributed by atoms with van der Waals surface area (Å²) in [5, 5.41) is 4.63. The van der Waals surface area contributed by atoms with E-state index < -0.39 is 6.09 Å². The third-order valence-corrected chi connectivity index (χ3v) is 4.60. The first-order valence-corrected chi connectivity index (χ1v) is 9.34. The molecule has 0 saturated carbocycles. The number of fused-ring (bicyclic) bond motifs is 1. The van der Waals surface area contributed by atoms with Crippen LogP contribution in [0.25, 0.3) is 22.0 Å². The second kappa shape index (κ2) is 9.14. The van der Waals surface area contributed by atoms with E-state index in [1.165, 1.54) is 0 Å². The number of carbonyl (C=O) groups excluding carboxylic acids is 1. The summed E-state index contributed by atoms with van der Waals surface area (Å²) >= 11 is 0. The fourth-order valence-corrected chi connectivity index (χ4v) is 3.07. The van der Waals surface area contributed by atoms with E-state index in [1.807, 2.05) is 54.6 Å². The summed E-state index contributed by atoms with van der Waals surface area (Å²) in [5.74, 6) is 0.464. The number of amides is 1. The summed E-state index contributed by atoms with van der Waals surface area (Å²) < 4.78 is 5.54. The van der Waals surface area contributed by atoms with Crippen LogP contribution in [0, 0.1) is 0 Å². The number of nitrogens with one attached hydrogen (secondary N) is 1. The fraction of sp³-hybridized carbons (Fsp3) is 0.273. The minimum atomic E-state index is -0.457. The highest BCUT2D eigenvalue weighted by molar-refractivity contribution is 5.98. The highest BCUT2D eigenvalue weighted by Gasteiger charge is 2.12. The molecule has 3 rings (SSSR count). The molecular formula is C22H25N3O2. The van der Waals surface area contributed by atoms with Gasteiger partial charge in [0.15, 0.2) is 5.75 Å². The fourth-order valence-electron chi connectivity index (χ4n) is 3.07. The molecule has 1 amide bonds. The van der Waals surface area contributed by atoms with Crippen LogP contribution < -0.4 is 10.1 Å². The summed E-state index contributed by atoms with van der Waals surface area (Å²) in [6.45, 7) is 7.48. The smallest absolute Gasteiger partial charge is 0.408 e. The van der Waals surface area contributed by atoms with E-state index in [2.05, 4.69) is 29.0 Å². The Morgan fingerprint density at radius 1 is 1.00 bits per heavy atom. The number of aromatic nitrogens is 1. The molecule has 0 fully saturated rings. The van der Waals surface area contributed by atoms with E-state index in [1.54, 1.807) is 6.20 Å². The van der Waals surface area contributed by atoms with Crippen molar-refractivity contribution in [3.05, 3.63) is 60.8 Å². The highest BCUT2D eigenvalue weighted by atomic mass is 16.6. The van der Waals surface area contributed by atoms with Gasteiger partial charge in [0.25, 0.3) is 0 Å². The quantitative estimate of drug-likeness (QED) is 0.679. The van der Waals surface area contributed by atoms with Crippen LogP contribution in [0.2, 0.25) is 0 Å². The topological polar surface area (TPSA) is 54.5 Å². The predicted molar refractivity (Wildman–Crippen MR) is 109 cm³/mol. The maximum atomic E-state index is 12.2. The largest absolute Gasteiger partial charge is 0.412 e. The number of nitrogens with zero attached hydrogens (tertiary/aromatic N) is 2. The van der Waals surface area contributed by atoms with E-state index in [0.717, 1.165) is 41.7 Å². The van der Waals surface area contributed by atoms with Gasteiger partial charge in [-0.25, -0.2) is 4.79 Å². The summed E-state index contributed by atoms with van der Waals surface area (Å²) in [6.07, 6.45) is 1.16. The summed E-state index contributed by atoms with van der Waals surface area (Å²) in [6, 6.07) is 17.8. The number of pyridine rings is 1. The number of likely N-dealkylation sites (N-methyl/N-ethyl adjacent to an activating group) is 1. The van der Waals surface area contributed by atoms with Gasteiger partial charge in [-0.15, -0.1) is 0 Å². The first-order valence-electron chi connectivity index (χ1n) is 9.34. The third kappa shape index (κ3) is 4.63. The van der Waals surface area contributed by atoms with Gasteiger partial charge in [-0.05, 0) is 13.1 Å². The minimum absolute atomic E-state index is 0.457. The van der Waals surface area contributed by atoms with Crippen LogP contribution in [0.4, 0.5) is 4.79 Å². The van der Waals surface area contributed by atoms with Crippen molar-refractivity contribution in [2.75, 3.05) is 26.2 Å². The lowest BCUT2D eigenvalue weighted by Crippen LogP contribution is -2.36. The third-order valence-electron chi connectivity index (χ3n) is 4.60. The molecule has 0 radical (unpaired) electrons. The van der Waals surface area contributed by atoms with E-state index in [4.69, 9.17) is 4.74 Å². The Balaban J connectivity index is 1.77. The monoisotopic (exact) mass is 363 g/mol. The number of benzene rings is 2. The van der Waals surface area contributed by atoms with Gasteiger partial charge in [-0.2, -0.15) is 0 Å². The Labute approximate surface area is 160 Å². The van der Waals surface area contributed by atoms with Gasteiger partial charge < -0.3 is 15.0 Å². The van der Waals surface area contributed by atoms with Crippen molar-refractivity contribution in [1.29, 1.82) is 0 Å². The number of hydrogen-bond donors (Lipinski definition) is 1. The first-order chi connectivity index (χ1) is 13.2. The number of rotatable bonds is 7. The Kier molecular flexibility index (Phi) is 6.39. The zero-order valence-corrected chi connectivity index (χ0v) is 15.8. The van der Waals surface area contributed by atoms with Crippen LogP contribution in [-0.4, -0.2) is 42.2 Å². The molecule has 5 nitrogen and oxygen atoms in total. The Bertz CT molecular complexity index is 892. The molecule has 1 heterocycles. The van der Waals surface area contributed by atoms with Gasteiger partial charge in [0.1, 0.15) is 0 Å². The average Bonchev–Trinajstić information content (AvgIpc) is 2.72. The molecule has 140 valence electrons.